The molecule has 0 saturated carbocycles. The van der Waals surface area contributed by atoms with Crippen molar-refractivity contribution in [3.63, 3.8) is 0 Å². The molecule has 0 aromatic carbocycles. The zero-order chi connectivity index (χ0) is 25.4. The monoisotopic (exact) mass is 510 g/mol. The van der Waals surface area contributed by atoms with Crippen LogP contribution in [0.3, 0.4) is 0 Å². The summed E-state index contributed by atoms with van der Waals surface area (Å²) < 4.78 is 33.7. The van der Waals surface area contributed by atoms with Crippen LogP contribution in [0.4, 0.5) is 5.82 Å². The van der Waals surface area contributed by atoms with Crippen molar-refractivity contribution in [1.82, 2.24) is 14.9 Å². The first kappa shape index (κ1) is 26.6. The highest BCUT2D eigenvalue weighted by Gasteiger charge is 2.55. The molecule has 2 fully saturated rings. The van der Waals surface area contributed by atoms with Crippen molar-refractivity contribution in [3.8, 4) is 0 Å². The molecule has 192 valence electrons. The smallest absolute Gasteiger partial charge is 0.475 e. The summed E-state index contributed by atoms with van der Waals surface area (Å²) in [6, 6.07) is 0.592. The minimum absolute atomic E-state index is 0.0784. The molecule has 8 N–H and O–H groups in total. The fourth-order valence-electron chi connectivity index (χ4n) is 3.90. The lowest BCUT2D eigenvalue weighted by molar-refractivity contribution is -0.266. The molecule has 2 aliphatic rings. The second-order valence-corrected chi connectivity index (χ2v) is 9.29. The molecule has 1 aromatic heterocycles. The van der Waals surface area contributed by atoms with Gasteiger partial charge in [0.15, 0.2) is 6.23 Å². The molecule has 16 nitrogen and oxygen atoms in total. The maximum absolute atomic E-state index is 12.5. The van der Waals surface area contributed by atoms with Gasteiger partial charge in [-0.05, 0) is 20.0 Å². The molecule has 9 unspecified atom stereocenters. The highest BCUT2D eigenvalue weighted by molar-refractivity contribution is 7.47. The summed E-state index contributed by atoms with van der Waals surface area (Å²) in [6.45, 7) is 0.596. The highest BCUT2D eigenvalue weighted by atomic mass is 31.2. The Morgan fingerprint density at radius 1 is 1.41 bits per heavy atom. The molecule has 34 heavy (non-hydrogen) atoms. The number of aliphatic hydroxyl groups is 3. The van der Waals surface area contributed by atoms with E-state index < -0.39 is 81.1 Å². The Kier molecular flexibility index (Phi) is 7.79. The minimum atomic E-state index is -5.18. The quantitative estimate of drug-likeness (QED) is 0.174. The van der Waals surface area contributed by atoms with Crippen LogP contribution in [-0.2, 0) is 27.9 Å². The molecule has 3 heterocycles. The van der Waals surface area contributed by atoms with Crippen LogP contribution in [0, 0.1) is 0 Å². The Morgan fingerprint density at radius 3 is 2.65 bits per heavy atom. The Bertz CT molecular complexity index is 995. The molecule has 17 heteroatoms. The third-order valence-corrected chi connectivity index (χ3v) is 6.56. The number of ether oxygens (including phenoxy) is 2. The van der Waals surface area contributed by atoms with Gasteiger partial charge in [0.25, 0.3) is 5.79 Å². The van der Waals surface area contributed by atoms with E-state index in [9.17, 15) is 39.5 Å². The molecule has 9 atom stereocenters. The lowest BCUT2D eigenvalue weighted by Gasteiger charge is -2.43. The van der Waals surface area contributed by atoms with Crippen molar-refractivity contribution in [1.29, 1.82) is 0 Å². The molecule has 0 amide bonds. The molecule has 0 aliphatic carbocycles. The number of anilines is 1. The fourth-order valence-corrected chi connectivity index (χ4v) is 4.85. The topological polar surface area (TPSA) is 245 Å². The minimum Gasteiger partial charge on any atom is -0.477 e. The summed E-state index contributed by atoms with van der Waals surface area (Å²) in [5.41, 5.74) is 4.54. The van der Waals surface area contributed by atoms with E-state index in [1.165, 1.54) is 26.2 Å². The number of likely N-dealkylation sites (N-methyl/N-ethyl adjacent to an activating group) is 1. The van der Waals surface area contributed by atoms with Crippen LogP contribution in [0.1, 0.15) is 19.6 Å². The van der Waals surface area contributed by atoms with E-state index in [2.05, 4.69) is 10.3 Å². The first-order valence-electron chi connectivity index (χ1n) is 10.1. The number of nitrogens with one attached hydrogen (secondary N) is 1. The third-order valence-electron chi connectivity index (χ3n) is 5.56. The van der Waals surface area contributed by atoms with Crippen LogP contribution < -0.4 is 16.7 Å². The maximum atomic E-state index is 12.5. The molecule has 1 aromatic rings. The molecular formula is C17H27N4O12P. The zero-order valence-electron chi connectivity index (χ0n) is 18.1. The standard InChI is InChI=1S/C17H27N4O12P/c1-7-11(19-2)8(22)5-17(32-7,15(25)26)33-34(28,29)30-6-9-12(23)13(24)14(31-9)21-4-3-10(18)20-16(21)27/h3-4,7-9,11-14,19,22-24H,5-6H2,1-2H3,(H,25,26)(H,28,29)(H2,18,20,27). The maximum Gasteiger partial charge on any atom is 0.475 e. The van der Waals surface area contributed by atoms with Crippen LogP contribution >= 0.6 is 7.82 Å². The van der Waals surface area contributed by atoms with Crippen molar-refractivity contribution in [2.75, 3.05) is 19.4 Å². The second kappa shape index (κ2) is 9.94. The highest BCUT2D eigenvalue weighted by Crippen LogP contribution is 2.51. The molecule has 2 saturated heterocycles. The average molecular weight is 510 g/mol. The van der Waals surface area contributed by atoms with Crippen molar-refractivity contribution < 1.29 is 53.2 Å². The summed E-state index contributed by atoms with van der Waals surface area (Å²) in [7, 11) is -3.66. The normalized spacial score (nSPS) is 37.9. The van der Waals surface area contributed by atoms with Crippen LogP contribution in [0.2, 0.25) is 0 Å². The van der Waals surface area contributed by atoms with Crippen molar-refractivity contribution in [2.45, 2.75) is 61.9 Å². The molecule has 0 radical (unpaired) electrons. The third kappa shape index (κ3) is 5.31. The lowest BCUT2D eigenvalue weighted by atomic mass is 9.94. The van der Waals surface area contributed by atoms with E-state index in [0.717, 1.165) is 4.57 Å². The number of hydrogen-bond acceptors (Lipinski definition) is 13. The summed E-state index contributed by atoms with van der Waals surface area (Å²) in [4.78, 5) is 37.4. The number of nitrogen functional groups attached to an aromatic ring is 1. The van der Waals surface area contributed by atoms with Crippen LogP contribution in [0.15, 0.2) is 17.1 Å². The van der Waals surface area contributed by atoms with Gasteiger partial charge in [0, 0.05) is 12.6 Å². The second-order valence-electron chi connectivity index (χ2n) is 7.91. The van der Waals surface area contributed by atoms with Gasteiger partial charge in [-0.15, -0.1) is 0 Å². The largest absolute Gasteiger partial charge is 0.477 e. The lowest BCUT2D eigenvalue weighted by Crippen LogP contribution is -2.61. The van der Waals surface area contributed by atoms with Crippen molar-refractivity contribution in [3.05, 3.63) is 22.7 Å². The SMILES string of the molecule is CNC1C(O)CC(OP(=O)(O)OCC2OC(n3ccc(N)nc3=O)C(O)C2O)(C(=O)O)OC1C. The number of aliphatic carboxylic acids is 1. The summed E-state index contributed by atoms with van der Waals surface area (Å²) in [6.07, 6.45) is -7.87. The first-order valence-corrected chi connectivity index (χ1v) is 11.6. The molecular weight excluding hydrogens is 483 g/mol. The molecule has 0 spiro atoms. The predicted molar refractivity (Wildman–Crippen MR) is 110 cm³/mol. The van der Waals surface area contributed by atoms with Crippen molar-refractivity contribution in [2.24, 2.45) is 0 Å². The molecule has 2 aliphatic heterocycles. The number of rotatable bonds is 8. The number of aliphatic hydroxyl groups excluding tert-OH is 3. The van der Waals surface area contributed by atoms with Crippen molar-refractivity contribution >= 4 is 19.6 Å². The Morgan fingerprint density at radius 2 is 2.09 bits per heavy atom. The number of aromatic nitrogens is 2. The van der Waals surface area contributed by atoms with Gasteiger partial charge in [0.1, 0.15) is 24.1 Å². The van der Waals surface area contributed by atoms with E-state index in [-0.39, 0.29) is 5.82 Å². The van der Waals surface area contributed by atoms with Gasteiger partial charge in [-0.2, -0.15) is 4.98 Å². The number of carboxylic acid groups (broad SMARTS) is 1. The van der Waals surface area contributed by atoms with E-state index >= 15 is 0 Å². The number of carbonyl (C=O) groups is 1. The molecule has 0 bridgehead atoms. The Balaban J connectivity index is 1.70. The van der Waals surface area contributed by atoms with E-state index in [1.807, 2.05) is 0 Å². The van der Waals surface area contributed by atoms with E-state index in [0.29, 0.717) is 0 Å². The van der Waals surface area contributed by atoms with Gasteiger partial charge in [-0.25, -0.2) is 18.7 Å². The summed E-state index contributed by atoms with van der Waals surface area (Å²) in [5, 5.41) is 43.1. The number of hydrogen-bond donors (Lipinski definition) is 7. The van der Waals surface area contributed by atoms with Gasteiger partial charge in [0.05, 0.1) is 24.9 Å². The van der Waals surface area contributed by atoms with Gasteiger partial charge in [-0.3, -0.25) is 9.09 Å². The van der Waals surface area contributed by atoms with Crippen LogP contribution in [0.25, 0.3) is 0 Å². The number of nitrogens with zero attached hydrogens (tertiary/aromatic N) is 2. The van der Waals surface area contributed by atoms with Crippen LogP contribution in [-0.4, -0.2) is 96.8 Å². The number of nitrogens with two attached hydrogens (primary N) is 1. The van der Waals surface area contributed by atoms with E-state index in [4.69, 9.17) is 24.3 Å². The number of phosphoric ester groups is 1. The van der Waals surface area contributed by atoms with Crippen LogP contribution in [0.5, 0.6) is 0 Å². The van der Waals surface area contributed by atoms with Gasteiger partial charge >= 0.3 is 19.5 Å². The predicted octanol–water partition coefficient (Wildman–Crippen LogP) is -2.88. The van der Waals surface area contributed by atoms with Gasteiger partial charge < -0.3 is 45.8 Å². The van der Waals surface area contributed by atoms with Gasteiger partial charge in [0.2, 0.25) is 0 Å². The molecule has 3 rings (SSSR count). The zero-order valence-corrected chi connectivity index (χ0v) is 19.0. The fraction of sp³-hybridized carbons (Fsp3) is 0.706. The summed E-state index contributed by atoms with van der Waals surface area (Å²) in [5.74, 6) is -4.55. The first-order chi connectivity index (χ1) is 15.8. The summed E-state index contributed by atoms with van der Waals surface area (Å²) >= 11 is 0. The number of phosphoric acid groups is 1. The Hall–Kier alpha value is -1.98. The van der Waals surface area contributed by atoms with E-state index in [1.54, 1.807) is 0 Å². The average Bonchev–Trinajstić information content (AvgIpc) is 3.00. The Labute approximate surface area is 192 Å². The van der Waals surface area contributed by atoms with Gasteiger partial charge in [-0.1, -0.05) is 0 Å². The number of carboxylic acids is 1.